The van der Waals surface area contributed by atoms with Gasteiger partial charge in [-0.15, -0.1) is 0 Å². The number of hydrogen-bond acceptors (Lipinski definition) is 15. The van der Waals surface area contributed by atoms with Crippen molar-refractivity contribution in [1.29, 1.82) is 0 Å². The molecule has 0 aliphatic rings. The standard InChI is InChI=1S/C40H40B2N4O4.C30H33N3O14S3.4BrH/c1-3-31-5-13-43(14-6-31)27-33-21-35(25-39(23-33)41(47)48)29-45-17-9-37(10-18-45)38-11-19-46(20-12-38)30-36-22-34(24-40(26-36)42(49)50)28-44-15-7-32(4-2)8-16-44;1-17(34)47-22-15-23(48(41,42)31-12-2-5-26(35)36)19-10-11-21-25(50(45,46)33-14-4-7-28(39)40)16-24(20-9-8-18(22)29(19)30(20)21)49(43,44)32-13-3-6-27(37)38;;;;/h3-26,47-50H,1-2,27-30H2;8-11,15-16,31-33H,2-7,12-14H2,1H3,(H,35,36)(H,37,38)(H,39,40);4*1H/q+4;;;;;/p-4. The smallest absolute Gasteiger partial charge is 0.488 e. The molecule has 0 saturated heterocycles. The van der Waals surface area contributed by atoms with E-state index >= 15 is 0 Å². The van der Waals surface area contributed by atoms with Gasteiger partial charge in [0, 0.05) is 155 Å². The molecule has 0 amide bonds. The molecule has 0 spiro atoms. The van der Waals surface area contributed by atoms with Crippen LogP contribution in [0.5, 0.6) is 5.75 Å². The van der Waals surface area contributed by atoms with Crippen LogP contribution in [-0.2, 0) is 75.4 Å². The number of sulfonamides is 3. The number of esters is 1. The van der Waals surface area contributed by atoms with Crippen LogP contribution in [0, 0.1) is 0 Å². The van der Waals surface area contributed by atoms with Crippen molar-refractivity contribution in [3.63, 3.8) is 0 Å². The zero-order valence-electron chi connectivity index (χ0n) is 55.7. The van der Waals surface area contributed by atoms with Crippen molar-refractivity contribution in [3.8, 4) is 16.9 Å². The first-order chi connectivity index (χ1) is 47.6. The number of nitrogens with one attached hydrogen (secondary N) is 3. The number of pyridine rings is 4. The van der Waals surface area contributed by atoms with Crippen LogP contribution in [0.15, 0.2) is 199 Å². The fraction of sp³-hybridized carbons (Fsp3) is 0.200. The van der Waals surface area contributed by atoms with Crippen molar-refractivity contribution < 1.29 is 171 Å². The topological polar surface area (TPSA) is 373 Å². The van der Waals surface area contributed by atoms with Crippen LogP contribution in [0.2, 0.25) is 0 Å². The predicted octanol–water partition coefficient (Wildman–Crippen LogP) is -8.70. The molecule has 0 bridgehead atoms. The minimum Gasteiger partial charge on any atom is -1.00 e. The number of aromatic nitrogens is 4. The van der Waals surface area contributed by atoms with E-state index in [-0.39, 0.29) is 164 Å². The maximum atomic E-state index is 13.7. The molecule has 0 aliphatic heterocycles. The molecule has 6 aromatic carbocycles. The Kier molecular flexibility index (Phi) is 32.3. The molecule has 4 aromatic heterocycles. The Balaban J connectivity index is 0.000000360. The van der Waals surface area contributed by atoms with E-state index in [1.54, 1.807) is 12.2 Å². The molecule has 10 N–H and O–H groups in total. The number of halogens is 4. The molecule has 0 aliphatic carbocycles. The molecule has 0 fully saturated rings. The molecule has 0 saturated carbocycles. The summed E-state index contributed by atoms with van der Waals surface area (Å²) in [5.74, 6) is -4.56. The second kappa shape index (κ2) is 38.8. The number of benzene rings is 6. The quantitative estimate of drug-likeness (QED) is 0.00467. The highest BCUT2D eigenvalue weighted by Crippen LogP contribution is 2.45. The van der Waals surface area contributed by atoms with E-state index in [4.69, 9.17) is 20.1 Å². The highest BCUT2D eigenvalue weighted by atomic mass is 79.9. The van der Waals surface area contributed by atoms with Crippen molar-refractivity contribution in [2.45, 2.75) is 86.3 Å². The molecule has 34 heteroatoms. The summed E-state index contributed by atoms with van der Waals surface area (Å²) in [6.45, 7) is 10.1. The fourth-order valence-electron chi connectivity index (χ4n) is 11.4. The van der Waals surface area contributed by atoms with Crippen molar-refractivity contribution >= 4 is 124 Å². The summed E-state index contributed by atoms with van der Waals surface area (Å²) in [7, 11) is -16.7. The SMILES string of the molecule is C=Cc1cc[n+](Cc2cc(C[n+]3ccc(-c4cc[n+](Cc5cc(C[n+]6ccc(C=C)cc6)cc(B(O)O)c5)cc4)cc3)cc(B(O)O)c2)cc1.CC(=O)Oc1cc(S(=O)(=O)NCCCC(=O)O)c2ccc3c(S(=O)(=O)NCCCC(=O)O)cc(S(=O)(=O)NCCCC(=O)O)c4ccc1c2c43.[Br-].[Br-].[Br-].[Br-]. The number of rotatable bonds is 32. The van der Waals surface area contributed by atoms with Crippen molar-refractivity contribution in [3.05, 3.63) is 217 Å². The zero-order chi connectivity index (χ0) is 72.1. The lowest BCUT2D eigenvalue weighted by Gasteiger charge is -2.20. The van der Waals surface area contributed by atoms with Crippen molar-refractivity contribution in [2.24, 2.45) is 0 Å². The number of nitrogens with zero attached hydrogens (tertiary/aromatic N) is 4. The van der Waals surface area contributed by atoms with Crippen LogP contribution in [0.4, 0.5) is 0 Å². The first-order valence-corrected chi connectivity index (χ1v) is 35.9. The van der Waals surface area contributed by atoms with Crippen molar-refractivity contribution in [1.82, 2.24) is 14.2 Å². The molecule has 4 heterocycles. The number of carbonyl (C=O) groups is 4. The van der Waals surface area contributed by atoms with Crippen molar-refractivity contribution in [2.75, 3.05) is 19.6 Å². The molecule has 104 heavy (non-hydrogen) atoms. The lowest BCUT2D eigenvalue weighted by Crippen LogP contribution is -3.00. The molecule has 10 aromatic rings. The minimum atomic E-state index is -4.57. The molecule has 0 atom stereocenters. The normalized spacial score (nSPS) is 11.2. The molecule has 10 rings (SSSR count). The third kappa shape index (κ3) is 23.0. The molecular weight excluding hydrogens is 1660 g/mol. The third-order valence-corrected chi connectivity index (χ3v) is 20.6. The predicted molar refractivity (Wildman–Crippen MR) is 372 cm³/mol. The Bertz CT molecular complexity index is 4850. The van der Waals surface area contributed by atoms with Gasteiger partial charge in [-0.25, -0.2) is 57.7 Å². The summed E-state index contributed by atoms with van der Waals surface area (Å²) in [6, 6.07) is 35.0. The highest BCUT2D eigenvalue weighted by Gasteiger charge is 2.31. The van der Waals surface area contributed by atoms with Crippen LogP contribution in [-0.4, -0.2) is 118 Å². The molecular formula is C70H73B2Br4N7O18S3. The van der Waals surface area contributed by atoms with E-state index in [0.29, 0.717) is 37.1 Å². The van der Waals surface area contributed by atoms with E-state index in [1.807, 2.05) is 107 Å². The first-order valence-electron chi connectivity index (χ1n) is 31.4. The monoisotopic (exact) mass is 1730 g/mol. The van der Waals surface area contributed by atoms with Gasteiger partial charge in [-0.3, -0.25) is 19.2 Å². The van der Waals surface area contributed by atoms with Crippen LogP contribution >= 0.6 is 0 Å². The van der Waals surface area contributed by atoms with Gasteiger partial charge in [0.1, 0.15) is 5.75 Å². The second-order valence-corrected chi connectivity index (χ2v) is 28.7. The van der Waals surface area contributed by atoms with Crippen LogP contribution in [0.25, 0.3) is 55.6 Å². The first kappa shape index (κ1) is 86.6. The molecule has 548 valence electrons. The van der Waals surface area contributed by atoms with Gasteiger partial charge in [0.25, 0.3) is 0 Å². The molecule has 0 radical (unpaired) electrons. The summed E-state index contributed by atoms with van der Waals surface area (Å²) in [4.78, 5) is 43.5. The number of carboxylic acids is 3. The summed E-state index contributed by atoms with van der Waals surface area (Å²) in [6.07, 6.45) is 18.3. The van der Waals surface area contributed by atoms with Gasteiger partial charge in [-0.1, -0.05) is 67.8 Å². The van der Waals surface area contributed by atoms with Gasteiger partial charge in [-0.05, 0) is 76.7 Å². The maximum absolute atomic E-state index is 13.7. The minimum absolute atomic E-state index is 0. The Labute approximate surface area is 643 Å². The average Bonchev–Trinajstić information content (AvgIpc) is 0.704. The van der Waals surface area contributed by atoms with Gasteiger partial charge < -0.3 is 108 Å². The van der Waals surface area contributed by atoms with Crippen LogP contribution < -0.4 is 116 Å². The Morgan fingerprint density at radius 3 is 0.981 bits per heavy atom. The van der Waals surface area contributed by atoms with E-state index in [9.17, 15) is 64.5 Å². The summed E-state index contributed by atoms with van der Waals surface area (Å²) in [5.41, 5.74) is 9.03. The van der Waals surface area contributed by atoms with Crippen LogP contribution in [0.1, 0.15) is 78.8 Å². The summed E-state index contributed by atoms with van der Waals surface area (Å²) < 4.78 is 103. The van der Waals surface area contributed by atoms with Gasteiger partial charge in [0.15, 0.2) is 75.8 Å². The van der Waals surface area contributed by atoms with E-state index < -0.39 is 82.9 Å². The lowest BCUT2D eigenvalue weighted by atomic mass is 9.78. The second-order valence-electron chi connectivity index (χ2n) is 23.5. The number of ether oxygens (including phenoxy) is 1. The van der Waals surface area contributed by atoms with E-state index in [1.165, 1.54) is 24.3 Å². The van der Waals surface area contributed by atoms with Crippen LogP contribution in [0.3, 0.4) is 0 Å². The number of hydrogen-bond donors (Lipinski definition) is 10. The number of carbonyl (C=O) groups excluding carboxylic acids is 1. The Morgan fingerprint density at radius 1 is 0.423 bits per heavy atom. The van der Waals surface area contributed by atoms with E-state index in [0.717, 1.165) is 63.6 Å². The van der Waals surface area contributed by atoms with Gasteiger partial charge in [0.05, 0.1) is 14.7 Å². The third-order valence-electron chi connectivity index (χ3n) is 16.1. The average molecular weight is 1740 g/mol. The maximum Gasteiger partial charge on any atom is 0.488 e. The Hall–Kier alpha value is -8.06. The molecule has 0 unspecified atom stereocenters. The zero-order valence-corrected chi connectivity index (χ0v) is 64.5. The number of aliphatic carboxylic acids is 3. The van der Waals surface area contributed by atoms with Gasteiger partial charge >= 0.3 is 38.1 Å². The lowest BCUT2D eigenvalue weighted by molar-refractivity contribution is -0.689. The van der Waals surface area contributed by atoms with Gasteiger partial charge in [0.2, 0.25) is 30.1 Å². The summed E-state index contributed by atoms with van der Waals surface area (Å²) >= 11 is 0. The number of carboxylic acid groups (broad SMARTS) is 3. The summed E-state index contributed by atoms with van der Waals surface area (Å²) in [5, 5.41) is 66.7. The Morgan fingerprint density at radius 2 is 0.702 bits per heavy atom. The van der Waals surface area contributed by atoms with E-state index in [2.05, 4.69) is 72.9 Å². The fourth-order valence-corrected chi connectivity index (χ4v) is 15.3. The largest absolute Gasteiger partial charge is 1.00 e. The highest BCUT2D eigenvalue weighted by molar-refractivity contribution is 7.90. The van der Waals surface area contributed by atoms with Gasteiger partial charge in [-0.2, -0.15) is 0 Å². The molecule has 25 nitrogen and oxygen atoms in total.